The molecule has 0 atom stereocenters. The van der Waals surface area contributed by atoms with Gasteiger partial charge < -0.3 is 16.0 Å². The number of hydrogen-bond acceptors (Lipinski definition) is 7. The number of nitrogens with one attached hydrogen (secondary N) is 3. The minimum Gasteiger partial charge on any atom is -0.367 e. The Kier molecular flexibility index (Phi) is 5.49. The third-order valence-electron chi connectivity index (χ3n) is 3.20. The summed E-state index contributed by atoms with van der Waals surface area (Å²) in [5.41, 5.74) is 0. The predicted octanol–water partition coefficient (Wildman–Crippen LogP) is 1.04. The molecule has 3 aromatic rings. The molecule has 0 spiro atoms. The molecule has 0 aliphatic rings. The van der Waals surface area contributed by atoms with Crippen LogP contribution in [0.2, 0.25) is 0 Å². The molecule has 3 N–H and O–H groups in total. The fourth-order valence-electron chi connectivity index (χ4n) is 2.05. The van der Waals surface area contributed by atoms with E-state index in [1.165, 1.54) is 0 Å². The van der Waals surface area contributed by atoms with E-state index in [-0.39, 0.29) is 12.5 Å². The highest BCUT2D eigenvalue weighted by molar-refractivity contribution is 5.75. The van der Waals surface area contributed by atoms with Gasteiger partial charge >= 0.3 is 0 Å². The van der Waals surface area contributed by atoms with Gasteiger partial charge in [-0.3, -0.25) is 9.48 Å². The monoisotopic (exact) mass is 338 g/mol. The molecule has 0 radical (unpaired) electrons. The van der Waals surface area contributed by atoms with Gasteiger partial charge in [-0.1, -0.05) is 6.07 Å². The average molecular weight is 338 g/mol. The number of aromatic nitrogens is 5. The maximum absolute atomic E-state index is 11.7. The van der Waals surface area contributed by atoms with E-state index in [9.17, 15) is 4.79 Å². The van der Waals surface area contributed by atoms with Gasteiger partial charge in [-0.25, -0.2) is 4.98 Å². The van der Waals surface area contributed by atoms with Gasteiger partial charge in [0.1, 0.15) is 18.2 Å². The van der Waals surface area contributed by atoms with Gasteiger partial charge in [0.25, 0.3) is 0 Å². The van der Waals surface area contributed by atoms with Gasteiger partial charge in [0.15, 0.2) is 5.82 Å². The summed E-state index contributed by atoms with van der Waals surface area (Å²) in [5.74, 6) is 1.86. The molecular weight excluding hydrogens is 320 g/mol. The molecule has 0 saturated carbocycles. The normalized spacial score (nSPS) is 10.2. The van der Waals surface area contributed by atoms with E-state index >= 15 is 0 Å². The van der Waals surface area contributed by atoms with Crippen molar-refractivity contribution in [3.8, 4) is 0 Å². The Morgan fingerprint density at radius 2 is 1.84 bits per heavy atom. The molecular formula is C16H18N8O. The van der Waals surface area contributed by atoms with Crippen molar-refractivity contribution in [3.63, 3.8) is 0 Å². The molecule has 128 valence electrons. The maximum Gasteiger partial charge on any atom is 0.241 e. The van der Waals surface area contributed by atoms with Gasteiger partial charge in [0.05, 0.1) is 0 Å². The van der Waals surface area contributed by atoms with Gasteiger partial charge in [0, 0.05) is 31.7 Å². The lowest BCUT2D eigenvalue weighted by atomic mass is 10.4. The molecule has 25 heavy (non-hydrogen) atoms. The Morgan fingerprint density at radius 3 is 2.56 bits per heavy atom. The summed E-state index contributed by atoms with van der Waals surface area (Å²) >= 11 is 0. The van der Waals surface area contributed by atoms with Crippen molar-refractivity contribution in [2.24, 2.45) is 0 Å². The van der Waals surface area contributed by atoms with E-state index in [2.05, 4.69) is 36.2 Å². The largest absolute Gasteiger partial charge is 0.367 e. The van der Waals surface area contributed by atoms with Crippen molar-refractivity contribution >= 4 is 23.4 Å². The lowest BCUT2D eigenvalue weighted by Gasteiger charge is -2.08. The van der Waals surface area contributed by atoms with Crippen LogP contribution in [0, 0.1) is 0 Å². The number of rotatable bonds is 8. The Hall–Kier alpha value is -3.49. The second-order valence-electron chi connectivity index (χ2n) is 5.12. The molecule has 1 amide bonds. The van der Waals surface area contributed by atoms with Crippen LogP contribution in [-0.4, -0.2) is 44.0 Å². The molecule has 0 unspecified atom stereocenters. The van der Waals surface area contributed by atoms with Crippen molar-refractivity contribution in [1.29, 1.82) is 0 Å². The zero-order chi connectivity index (χ0) is 17.3. The summed E-state index contributed by atoms with van der Waals surface area (Å²) in [6.07, 6.45) is 5.08. The van der Waals surface area contributed by atoms with Crippen LogP contribution in [0.15, 0.2) is 55.0 Å². The summed E-state index contributed by atoms with van der Waals surface area (Å²) in [4.78, 5) is 15.9. The van der Waals surface area contributed by atoms with Crippen molar-refractivity contribution in [2.75, 3.05) is 23.7 Å². The van der Waals surface area contributed by atoms with Gasteiger partial charge in [0.2, 0.25) is 5.91 Å². The highest BCUT2D eigenvalue weighted by Gasteiger charge is 2.02. The first-order valence-electron chi connectivity index (χ1n) is 7.79. The first-order valence-corrected chi connectivity index (χ1v) is 7.79. The fraction of sp³-hybridized carbons (Fsp3) is 0.188. The van der Waals surface area contributed by atoms with Crippen LogP contribution in [-0.2, 0) is 11.3 Å². The fourth-order valence-corrected chi connectivity index (χ4v) is 2.05. The average Bonchev–Trinajstić information content (AvgIpc) is 3.14. The minimum absolute atomic E-state index is 0.0912. The second-order valence-corrected chi connectivity index (χ2v) is 5.12. The minimum atomic E-state index is -0.0912. The Morgan fingerprint density at radius 1 is 0.960 bits per heavy atom. The van der Waals surface area contributed by atoms with Crippen LogP contribution < -0.4 is 16.0 Å². The molecule has 0 aromatic carbocycles. The number of hydrogen-bond donors (Lipinski definition) is 3. The van der Waals surface area contributed by atoms with Crippen molar-refractivity contribution in [1.82, 2.24) is 30.3 Å². The van der Waals surface area contributed by atoms with Crippen LogP contribution >= 0.6 is 0 Å². The van der Waals surface area contributed by atoms with E-state index < -0.39 is 0 Å². The topological polar surface area (TPSA) is 110 Å². The first-order chi connectivity index (χ1) is 12.3. The van der Waals surface area contributed by atoms with Crippen molar-refractivity contribution < 1.29 is 4.79 Å². The van der Waals surface area contributed by atoms with Gasteiger partial charge in [-0.05, 0) is 30.3 Å². The SMILES string of the molecule is O=C(Cn1cccn1)NCCNc1ccc(Nc2ccccn2)nn1. The van der Waals surface area contributed by atoms with E-state index in [1.807, 2.05) is 24.3 Å². The smallest absolute Gasteiger partial charge is 0.241 e. The van der Waals surface area contributed by atoms with Crippen LogP contribution in [0.3, 0.4) is 0 Å². The summed E-state index contributed by atoms with van der Waals surface area (Å²) in [7, 11) is 0. The third-order valence-corrected chi connectivity index (χ3v) is 3.20. The summed E-state index contributed by atoms with van der Waals surface area (Å²) in [6, 6.07) is 11.0. The molecule has 9 heteroatoms. The quantitative estimate of drug-likeness (QED) is 0.526. The summed E-state index contributed by atoms with van der Waals surface area (Å²) in [6.45, 7) is 1.24. The molecule has 3 heterocycles. The standard InChI is InChI=1S/C16H18N8O/c25-16(12-24-11-3-8-20-24)19-10-9-18-14-5-6-15(23-22-14)21-13-4-1-2-7-17-13/h1-8,11H,9-10,12H2,(H,18,22)(H,19,25)(H,17,21,23). The molecule has 0 fully saturated rings. The zero-order valence-electron chi connectivity index (χ0n) is 13.5. The molecule has 3 rings (SSSR count). The Bertz CT molecular complexity index is 774. The molecule has 0 aliphatic heterocycles. The molecule has 0 bridgehead atoms. The summed E-state index contributed by atoms with van der Waals surface area (Å²) < 4.78 is 1.57. The van der Waals surface area contributed by atoms with E-state index in [1.54, 1.807) is 35.4 Å². The molecule has 9 nitrogen and oxygen atoms in total. The predicted molar refractivity (Wildman–Crippen MR) is 93.3 cm³/mol. The number of amides is 1. The highest BCUT2D eigenvalue weighted by atomic mass is 16.2. The van der Waals surface area contributed by atoms with E-state index in [0.29, 0.717) is 30.5 Å². The second kappa shape index (κ2) is 8.39. The van der Waals surface area contributed by atoms with Crippen molar-refractivity contribution in [3.05, 3.63) is 55.0 Å². The number of pyridine rings is 1. The van der Waals surface area contributed by atoms with Gasteiger partial charge in [-0.15, -0.1) is 10.2 Å². The molecule has 0 aliphatic carbocycles. The molecule has 0 saturated heterocycles. The number of anilines is 3. The van der Waals surface area contributed by atoms with E-state index in [0.717, 1.165) is 0 Å². The van der Waals surface area contributed by atoms with E-state index in [4.69, 9.17) is 0 Å². The Balaban J connectivity index is 1.38. The number of carbonyl (C=O) groups is 1. The summed E-state index contributed by atoms with van der Waals surface area (Å²) in [5, 5.41) is 21.1. The number of carbonyl (C=O) groups excluding carboxylic acids is 1. The Labute approximate surface area is 144 Å². The number of nitrogens with zero attached hydrogens (tertiary/aromatic N) is 5. The maximum atomic E-state index is 11.7. The van der Waals surface area contributed by atoms with Gasteiger partial charge in [-0.2, -0.15) is 5.10 Å². The lowest BCUT2D eigenvalue weighted by molar-refractivity contribution is -0.121. The zero-order valence-corrected chi connectivity index (χ0v) is 13.5. The first kappa shape index (κ1) is 16.4. The lowest BCUT2D eigenvalue weighted by Crippen LogP contribution is -2.31. The third kappa shape index (κ3) is 5.27. The van der Waals surface area contributed by atoms with Crippen LogP contribution in [0.5, 0.6) is 0 Å². The van der Waals surface area contributed by atoms with Crippen LogP contribution in [0.1, 0.15) is 0 Å². The highest BCUT2D eigenvalue weighted by Crippen LogP contribution is 2.11. The molecule has 3 aromatic heterocycles. The van der Waals surface area contributed by atoms with Crippen LogP contribution in [0.4, 0.5) is 17.5 Å². The van der Waals surface area contributed by atoms with Crippen LogP contribution in [0.25, 0.3) is 0 Å². The van der Waals surface area contributed by atoms with Crippen molar-refractivity contribution in [2.45, 2.75) is 6.54 Å².